The zero-order valence-corrected chi connectivity index (χ0v) is 5.15. The monoisotopic (exact) mass is 109 g/mol. The molecule has 1 aliphatic carbocycles. The number of likely N-dealkylation sites (N-methyl/N-ethyl adjacent to an activating group) is 1. The Kier molecular flexibility index (Phi) is 1.86. The first-order valence-corrected chi connectivity index (χ1v) is 2.93. The fraction of sp³-hybridized carbons (Fsp3) is 0.429. The molecular weight excluding hydrogens is 98.1 g/mol. The molecule has 1 N–H and O–H groups in total. The molecule has 0 fully saturated rings. The molecule has 44 valence electrons. The normalized spacial score (nSPS) is 16.9. The van der Waals surface area contributed by atoms with Gasteiger partial charge in [0.1, 0.15) is 0 Å². The Bertz CT molecular complexity index is 122. The van der Waals surface area contributed by atoms with Crippen molar-refractivity contribution in [1.82, 2.24) is 5.32 Å². The Hall–Kier alpha value is -0.560. The summed E-state index contributed by atoms with van der Waals surface area (Å²) in [4.78, 5) is 0. The molecule has 0 heterocycles. The largest absolute Gasteiger partial charge is 0.316 e. The summed E-state index contributed by atoms with van der Waals surface area (Å²) >= 11 is 0. The molecule has 0 atom stereocenters. The molecule has 1 rings (SSSR count). The third-order valence-electron chi connectivity index (χ3n) is 1.23. The highest BCUT2D eigenvalue weighted by Gasteiger charge is 1.92. The second kappa shape index (κ2) is 2.68. The Morgan fingerprint density at radius 2 is 2.62 bits per heavy atom. The van der Waals surface area contributed by atoms with Crippen LogP contribution in [0, 0.1) is 0 Å². The summed E-state index contributed by atoms with van der Waals surface area (Å²) < 4.78 is 0. The predicted octanol–water partition coefficient (Wildman–Crippen LogP) is 1.09. The van der Waals surface area contributed by atoms with Gasteiger partial charge < -0.3 is 5.32 Å². The summed E-state index contributed by atoms with van der Waals surface area (Å²) in [5.41, 5.74) is 1.41. The summed E-state index contributed by atoms with van der Waals surface area (Å²) in [6.07, 6.45) is 7.69. The third-order valence-corrected chi connectivity index (χ3v) is 1.23. The lowest BCUT2D eigenvalue weighted by atomic mass is 10.3. The second-order valence-corrected chi connectivity index (χ2v) is 1.95. The van der Waals surface area contributed by atoms with Crippen LogP contribution in [0.15, 0.2) is 23.8 Å². The van der Waals surface area contributed by atoms with Crippen LogP contribution in [-0.4, -0.2) is 13.6 Å². The van der Waals surface area contributed by atoms with Crippen molar-refractivity contribution in [3.63, 3.8) is 0 Å². The maximum Gasteiger partial charge on any atom is 0.0199 e. The van der Waals surface area contributed by atoms with Gasteiger partial charge in [-0.3, -0.25) is 0 Å². The van der Waals surface area contributed by atoms with Crippen LogP contribution < -0.4 is 5.32 Å². The quantitative estimate of drug-likeness (QED) is 0.559. The lowest BCUT2D eigenvalue weighted by molar-refractivity contribution is 0.896. The van der Waals surface area contributed by atoms with Gasteiger partial charge in [0.15, 0.2) is 0 Å². The van der Waals surface area contributed by atoms with E-state index in [1.165, 1.54) is 5.57 Å². The molecule has 0 saturated heterocycles. The maximum absolute atomic E-state index is 3.09. The van der Waals surface area contributed by atoms with Crippen LogP contribution >= 0.6 is 0 Å². The third kappa shape index (κ3) is 1.20. The Morgan fingerprint density at radius 3 is 3.12 bits per heavy atom. The first-order chi connectivity index (χ1) is 3.93. The molecule has 0 spiro atoms. The molecule has 1 heteroatoms. The summed E-state index contributed by atoms with van der Waals surface area (Å²) in [5, 5.41) is 3.09. The van der Waals surface area contributed by atoms with Crippen molar-refractivity contribution >= 4 is 0 Å². The minimum atomic E-state index is 1.01. The van der Waals surface area contributed by atoms with Gasteiger partial charge in [0.25, 0.3) is 0 Å². The van der Waals surface area contributed by atoms with Crippen LogP contribution in [-0.2, 0) is 0 Å². The van der Waals surface area contributed by atoms with Crippen molar-refractivity contribution in [2.24, 2.45) is 0 Å². The molecule has 0 bridgehead atoms. The minimum absolute atomic E-state index is 1.01. The summed E-state index contributed by atoms with van der Waals surface area (Å²) in [7, 11) is 1.97. The fourth-order valence-electron chi connectivity index (χ4n) is 0.842. The van der Waals surface area contributed by atoms with Crippen LogP contribution in [0.5, 0.6) is 0 Å². The lowest BCUT2D eigenvalue weighted by Crippen LogP contribution is -2.08. The standard InChI is InChI=1S/C7H11N/c1-8-6-7-4-2-3-5-7/h2,4-5,8H,3,6H2,1H3. The summed E-state index contributed by atoms with van der Waals surface area (Å²) in [6, 6.07) is 0. The van der Waals surface area contributed by atoms with Crippen LogP contribution in [0.3, 0.4) is 0 Å². The SMILES string of the molecule is CNCC1=CCC=C1. The van der Waals surface area contributed by atoms with Gasteiger partial charge in [-0.15, -0.1) is 0 Å². The van der Waals surface area contributed by atoms with Crippen molar-refractivity contribution in [3.8, 4) is 0 Å². The van der Waals surface area contributed by atoms with Crippen molar-refractivity contribution in [2.75, 3.05) is 13.6 Å². The van der Waals surface area contributed by atoms with E-state index in [1.54, 1.807) is 0 Å². The highest BCUT2D eigenvalue weighted by atomic mass is 14.8. The summed E-state index contributed by atoms with van der Waals surface area (Å²) in [5.74, 6) is 0. The smallest absolute Gasteiger partial charge is 0.0199 e. The Balaban J connectivity index is 2.34. The van der Waals surface area contributed by atoms with Gasteiger partial charge in [0.05, 0.1) is 0 Å². The van der Waals surface area contributed by atoms with Crippen molar-refractivity contribution in [2.45, 2.75) is 6.42 Å². The van der Waals surface area contributed by atoms with Gasteiger partial charge >= 0.3 is 0 Å². The molecule has 0 aromatic rings. The van der Waals surface area contributed by atoms with Crippen molar-refractivity contribution in [3.05, 3.63) is 23.8 Å². The van der Waals surface area contributed by atoms with Gasteiger partial charge in [-0.2, -0.15) is 0 Å². The van der Waals surface area contributed by atoms with Crippen molar-refractivity contribution in [1.29, 1.82) is 0 Å². The van der Waals surface area contributed by atoms with Crippen LogP contribution in [0.1, 0.15) is 6.42 Å². The first-order valence-electron chi connectivity index (χ1n) is 2.93. The Labute approximate surface area is 50.1 Å². The molecule has 8 heavy (non-hydrogen) atoms. The number of hydrogen-bond donors (Lipinski definition) is 1. The van der Waals surface area contributed by atoms with Gasteiger partial charge in [0, 0.05) is 6.54 Å². The van der Waals surface area contributed by atoms with E-state index in [1.807, 2.05) is 7.05 Å². The van der Waals surface area contributed by atoms with E-state index in [4.69, 9.17) is 0 Å². The average molecular weight is 109 g/mol. The van der Waals surface area contributed by atoms with E-state index in [9.17, 15) is 0 Å². The van der Waals surface area contributed by atoms with Gasteiger partial charge in [-0.1, -0.05) is 18.2 Å². The van der Waals surface area contributed by atoms with Crippen LogP contribution in [0.25, 0.3) is 0 Å². The van der Waals surface area contributed by atoms with E-state index in [0.29, 0.717) is 0 Å². The van der Waals surface area contributed by atoms with Gasteiger partial charge in [-0.05, 0) is 19.0 Å². The van der Waals surface area contributed by atoms with E-state index in [0.717, 1.165) is 13.0 Å². The van der Waals surface area contributed by atoms with Crippen molar-refractivity contribution < 1.29 is 0 Å². The first kappa shape index (κ1) is 5.57. The Morgan fingerprint density at radius 1 is 1.75 bits per heavy atom. The number of hydrogen-bond acceptors (Lipinski definition) is 1. The molecule has 1 aliphatic rings. The molecule has 0 saturated carbocycles. The zero-order valence-electron chi connectivity index (χ0n) is 5.15. The lowest BCUT2D eigenvalue weighted by Gasteiger charge is -1.93. The van der Waals surface area contributed by atoms with E-state index in [-0.39, 0.29) is 0 Å². The molecule has 0 aromatic heterocycles. The van der Waals surface area contributed by atoms with Gasteiger partial charge in [0.2, 0.25) is 0 Å². The van der Waals surface area contributed by atoms with Crippen LogP contribution in [0.4, 0.5) is 0 Å². The topological polar surface area (TPSA) is 12.0 Å². The van der Waals surface area contributed by atoms with Gasteiger partial charge in [-0.25, -0.2) is 0 Å². The van der Waals surface area contributed by atoms with Crippen LogP contribution in [0.2, 0.25) is 0 Å². The molecule has 0 aromatic carbocycles. The predicted molar refractivity (Wildman–Crippen MR) is 35.8 cm³/mol. The highest BCUT2D eigenvalue weighted by Crippen LogP contribution is 2.05. The van der Waals surface area contributed by atoms with E-state index < -0.39 is 0 Å². The average Bonchev–Trinajstić information content (AvgIpc) is 2.19. The number of rotatable bonds is 2. The maximum atomic E-state index is 3.09. The molecule has 0 radical (unpaired) electrons. The highest BCUT2D eigenvalue weighted by molar-refractivity contribution is 5.26. The zero-order chi connectivity index (χ0) is 5.82. The molecular formula is C7H11N. The number of nitrogens with one attached hydrogen (secondary N) is 1. The molecule has 0 unspecified atom stereocenters. The van der Waals surface area contributed by atoms with E-state index in [2.05, 4.69) is 23.5 Å². The van der Waals surface area contributed by atoms with E-state index >= 15 is 0 Å². The molecule has 0 amide bonds. The number of allylic oxidation sites excluding steroid dienone is 2. The summed E-state index contributed by atoms with van der Waals surface area (Å²) in [6.45, 7) is 1.01. The minimum Gasteiger partial charge on any atom is -0.316 e. The fourth-order valence-corrected chi connectivity index (χ4v) is 0.842. The molecule has 1 nitrogen and oxygen atoms in total. The molecule has 0 aliphatic heterocycles. The second-order valence-electron chi connectivity index (χ2n) is 1.95.